The molecule has 1 aliphatic carbocycles. The van der Waals surface area contributed by atoms with Gasteiger partial charge in [0.25, 0.3) is 0 Å². The molecule has 0 saturated carbocycles. The number of hydrogen-bond donors (Lipinski definition) is 1. The SMILES string of the molecule is CC1(C)CC(=O)C2=C(C1)OC(N)=C(C#N)C2c1ccc(-c2ccc(Br)cc2)o1. The maximum absolute atomic E-state index is 13.0. The molecule has 2 aliphatic rings. The number of allylic oxidation sites excluding steroid dienone is 3. The van der Waals surface area contributed by atoms with E-state index in [1.807, 2.05) is 44.2 Å². The van der Waals surface area contributed by atoms with Crippen LogP contribution in [-0.4, -0.2) is 5.78 Å². The van der Waals surface area contributed by atoms with Crippen LogP contribution in [0.25, 0.3) is 11.3 Å². The van der Waals surface area contributed by atoms with E-state index < -0.39 is 5.92 Å². The van der Waals surface area contributed by atoms with Crippen LogP contribution < -0.4 is 5.73 Å². The third-order valence-corrected chi connectivity index (χ3v) is 5.64. The van der Waals surface area contributed by atoms with Gasteiger partial charge in [0.05, 0.1) is 5.92 Å². The van der Waals surface area contributed by atoms with Crippen LogP contribution in [0, 0.1) is 16.7 Å². The maximum atomic E-state index is 13.0. The third kappa shape index (κ3) is 3.16. The van der Waals surface area contributed by atoms with Gasteiger partial charge in [-0.1, -0.05) is 41.9 Å². The lowest BCUT2D eigenvalue weighted by atomic mass is 9.71. The second-order valence-corrected chi connectivity index (χ2v) is 8.83. The fourth-order valence-electron chi connectivity index (χ4n) is 3.85. The van der Waals surface area contributed by atoms with Gasteiger partial charge in [-0.05, 0) is 29.7 Å². The number of nitriles is 1. The Hall–Kier alpha value is -2.78. The molecule has 0 bridgehead atoms. The summed E-state index contributed by atoms with van der Waals surface area (Å²) in [6.45, 7) is 4.04. The summed E-state index contributed by atoms with van der Waals surface area (Å²) in [4.78, 5) is 13.0. The fraction of sp³-hybridized carbons (Fsp3) is 0.273. The molecule has 1 aliphatic heterocycles. The molecule has 4 rings (SSSR count). The van der Waals surface area contributed by atoms with E-state index in [-0.39, 0.29) is 22.7 Å². The predicted octanol–water partition coefficient (Wildman–Crippen LogP) is 5.16. The highest BCUT2D eigenvalue weighted by Gasteiger charge is 2.44. The van der Waals surface area contributed by atoms with Gasteiger partial charge in [0, 0.05) is 28.5 Å². The van der Waals surface area contributed by atoms with Crippen LogP contribution in [0.4, 0.5) is 0 Å². The van der Waals surface area contributed by atoms with Gasteiger partial charge in [-0.3, -0.25) is 4.79 Å². The molecule has 2 N–H and O–H groups in total. The first-order chi connectivity index (χ1) is 13.3. The van der Waals surface area contributed by atoms with Gasteiger partial charge in [0.2, 0.25) is 5.88 Å². The van der Waals surface area contributed by atoms with E-state index in [0.717, 1.165) is 10.0 Å². The van der Waals surface area contributed by atoms with Gasteiger partial charge in [0.15, 0.2) is 5.78 Å². The van der Waals surface area contributed by atoms with Crippen molar-refractivity contribution in [2.75, 3.05) is 0 Å². The molecule has 0 amide bonds. The number of nitrogens with two attached hydrogens (primary N) is 1. The summed E-state index contributed by atoms with van der Waals surface area (Å²) in [6.07, 6.45) is 0.981. The first-order valence-corrected chi connectivity index (χ1v) is 9.78. The van der Waals surface area contributed by atoms with E-state index in [1.54, 1.807) is 6.07 Å². The average Bonchev–Trinajstić information content (AvgIpc) is 3.09. The fourth-order valence-corrected chi connectivity index (χ4v) is 4.11. The molecule has 142 valence electrons. The highest BCUT2D eigenvalue weighted by atomic mass is 79.9. The number of halogens is 1. The van der Waals surface area contributed by atoms with Crippen LogP contribution in [-0.2, 0) is 9.53 Å². The van der Waals surface area contributed by atoms with Gasteiger partial charge < -0.3 is 14.9 Å². The van der Waals surface area contributed by atoms with Crippen molar-refractivity contribution >= 4 is 21.7 Å². The van der Waals surface area contributed by atoms with Crippen molar-refractivity contribution in [3.05, 3.63) is 69.4 Å². The Morgan fingerprint density at radius 1 is 1.18 bits per heavy atom. The predicted molar refractivity (Wildman–Crippen MR) is 108 cm³/mol. The van der Waals surface area contributed by atoms with E-state index in [0.29, 0.717) is 35.7 Å². The topological polar surface area (TPSA) is 89.2 Å². The number of ketones is 1. The third-order valence-electron chi connectivity index (χ3n) is 5.12. The molecule has 1 unspecified atom stereocenters. The van der Waals surface area contributed by atoms with Crippen molar-refractivity contribution in [3.63, 3.8) is 0 Å². The summed E-state index contributed by atoms with van der Waals surface area (Å²) in [5.41, 5.74) is 7.43. The molecule has 1 atom stereocenters. The number of nitrogens with zero attached hydrogens (tertiary/aromatic N) is 1. The van der Waals surface area contributed by atoms with Gasteiger partial charge in [-0.25, -0.2) is 0 Å². The van der Waals surface area contributed by atoms with Crippen molar-refractivity contribution in [2.24, 2.45) is 11.1 Å². The summed E-state index contributed by atoms with van der Waals surface area (Å²) < 4.78 is 12.8. The molecule has 0 saturated heterocycles. The van der Waals surface area contributed by atoms with E-state index >= 15 is 0 Å². The molecule has 2 aromatic rings. The molecule has 5 nitrogen and oxygen atoms in total. The lowest BCUT2D eigenvalue weighted by Crippen LogP contribution is -2.33. The molecule has 0 radical (unpaired) electrons. The number of carbonyl (C=O) groups is 1. The van der Waals surface area contributed by atoms with Gasteiger partial charge in [0.1, 0.15) is 28.9 Å². The van der Waals surface area contributed by atoms with Gasteiger partial charge >= 0.3 is 0 Å². The highest BCUT2D eigenvalue weighted by Crippen LogP contribution is 2.48. The van der Waals surface area contributed by atoms with E-state index in [2.05, 4.69) is 22.0 Å². The number of carbonyl (C=O) groups excluding carboxylic acids is 1. The minimum Gasteiger partial charge on any atom is -0.460 e. The standard InChI is InChI=1S/C22H19BrN2O3/c1-22(2)9-15(26)20-18(10-22)28-21(25)14(11-24)19(20)17-8-7-16(27-17)12-3-5-13(23)6-4-12/h3-8,19H,9-10,25H2,1-2H3. The van der Waals surface area contributed by atoms with Crippen LogP contribution in [0.1, 0.15) is 38.4 Å². The van der Waals surface area contributed by atoms with Crippen LogP contribution in [0.2, 0.25) is 0 Å². The quantitative estimate of drug-likeness (QED) is 0.698. The minimum atomic E-state index is -0.637. The van der Waals surface area contributed by atoms with Crippen molar-refractivity contribution in [2.45, 2.75) is 32.6 Å². The Balaban J connectivity index is 1.81. The normalized spacial score (nSPS) is 21.2. The van der Waals surface area contributed by atoms with Gasteiger partial charge in [-0.15, -0.1) is 0 Å². The van der Waals surface area contributed by atoms with Crippen molar-refractivity contribution in [3.8, 4) is 17.4 Å². The molecule has 0 spiro atoms. The number of ether oxygens (including phenoxy) is 1. The van der Waals surface area contributed by atoms with E-state index in [9.17, 15) is 10.1 Å². The molecule has 2 heterocycles. The molecular weight excluding hydrogens is 420 g/mol. The second-order valence-electron chi connectivity index (χ2n) is 7.91. The number of hydrogen-bond acceptors (Lipinski definition) is 5. The Labute approximate surface area is 171 Å². The number of furan rings is 1. The summed E-state index contributed by atoms with van der Waals surface area (Å²) in [6, 6.07) is 13.5. The van der Waals surface area contributed by atoms with Crippen LogP contribution >= 0.6 is 15.9 Å². The van der Waals surface area contributed by atoms with E-state index in [1.165, 1.54) is 0 Å². The van der Waals surface area contributed by atoms with E-state index in [4.69, 9.17) is 14.9 Å². The second kappa shape index (κ2) is 6.68. The summed E-state index contributed by atoms with van der Waals surface area (Å²) in [5.74, 6) is 1.10. The maximum Gasteiger partial charge on any atom is 0.205 e. The Morgan fingerprint density at radius 3 is 2.57 bits per heavy atom. The molecule has 0 fully saturated rings. The van der Waals surface area contributed by atoms with Crippen molar-refractivity contribution in [1.29, 1.82) is 5.26 Å². The largest absolute Gasteiger partial charge is 0.460 e. The molecule has 1 aromatic carbocycles. The zero-order valence-corrected chi connectivity index (χ0v) is 17.2. The average molecular weight is 439 g/mol. The Bertz CT molecular complexity index is 1070. The summed E-state index contributed by atoms with van der Waals surface area (Å²) >= 11 is 3.42. The first kappa shape index (κ1) is 18.6. The summed E-state index contributed by atoms with van der Waals surface area (Å²) in [7, 11) is 0. The highest BCUT2D eigenvalue weighted by molar-refractivity contribution is 9.10. The molecule has 28 heavy (non-hydrogen) atoms. The van der Waals surface area contributed by atoms with Crippen molar-refractivity contribution in [1.82, 2.24) is 0 Å². The Morgan fingerprint density at radius 2 is 1.89 bits per heavy atom. The Kier molecular flexibility index (Phi) is 4.43. The smallest absolute Gasteiger partial charge is 0.205 e. The van der Waals surface area contributed by atoms with Crippen molar-refractivity contribution < 1.29 is 13.9 Å². The lowest BCUT2D eigenvalue weighted by molar-refractivity contribution is -0.119. The molecule has 6 heteroatoms. The molecule has 1 aromatic heterocycles. The van der Waals surface area contributed by atoms with Crippen LogP contribution in [0.15, 0.2) is 68.1 Å². The number of Topliss-reactive ketones (excluding diaryl/α,β-unsaturated/α-hetero) is 1. The first-order valence-electron chi connectivity index (χ1n) is 8.98. The van der Waals surface area contributed by atoms with Gasteiger partial charge in [-0.2, -0.15) is 5.26 Å². The zero-order chi connectivity index (χ0) is 20.1. The lowest BCUT2D eigenvalue weighted by Gasteiger charge is -2.36. The van der Waals surface area contributed by atoms with Crippen LogP contribution in [0.5, 0.6) is 0 Å². The zero-order valence-electron chi connectivity index (χ0n) is 15.6. The number of rotatable bonds is 2. The summed E-state index contributed by atoms with van der Waals surface area (Å²) in [5, 5.41) is 9.68. The number of benzene rings is 1. The van der Waals surface area contributed by atoms with Crippen LogP contribution in [0.3, 0.4) is 0 Å². The molecular formula is C22H19BrN2O3. The minimum absolute atomic E-state index is 0.0295. The monoisotopic (exact) mass is 438 g/mol.